The van der Waals surface area contributed by atoms with Crippen LogP contribution in [0.3, 0.4) is 0 Å². The van der Waals surface area contributed by atoms with Crippen LogP contribution in [0.5, 0.6) is 0 Å². The molecule has 0 bridgehead atoms. The van der Waals surface area contributed by atoms with Gasteiger partial charge in [-0.25, -0.2) is 0 Å². The SMILES string of the molecule is Clc1ccc(CNC[C@@H]2CCCCN2)cc1Cl. The van der Waals surface area contributed by atoms with E-state index in [2.05, 4.69) is 10.6 Å². The summed E-state index contributed by atoms with van der Waals surface area (Å²) in [6, 6.07) is 6.40. The first kappa shape index (κ1) is 13.2. The van der Waals surface area contributed by atoms with Gasteiger partial charge in [-0.1, -0.05) is 35.7 Å². The molecule has 4 heteroatoms. The second kappa shape index (κ2) is 6.60. The summed E-state index contributed by atoms with van der Waals surface area (Å²) in [6.07, 6.45) is 3.92. The predicted octanol–water partition coefficient (Wildman–Crippen LogP) is 3.23. The fourth-order valence-electron chi connectivity index (χ4n) is 2.14. The van der Waals surface area contributed by atoms with Gasteiger partial charge >= 0.3 is 0 Å². The highest BCUT2D eigenvalue weighted by molar-refractivity contribution is 6.42. The van der Waals surface area contributed by atoms with E-state index in [1.165, 1.54) is 24.8 Å². The van der Waals surface area contributed by atoms with E-state index < -0.39 is 0 Å². The topological polar surface area (TPSA) is 24.1 Å². The second-order valence-electron chi connectivity index (χ2n) is 4.53. The third-order valence-corrected chi connectivity index (χ3v) is 3.86. The van der Waals surface area contributed by atoms with Crippen molar-refractivity contribution >= 4 is 23.2 Å². The van der Waals surface area contributed by atoms with Crippen molar-refractivity contribution in [3.63, 3.8) is 0 Å². The number of hydrogen-bond acceptors (Lipinski definition) is 2. The molecule has 17 heavy (non-hydrogen) atoms. The van der Waals surface area contributed by atoms with E-state index in [1.54, 1.807) is 0 Å². The summed E-state index contributed by atoms with van der Waals surface area (Å²) in [4.78, 5) is 0. The van der Waals surface area contributed by atoms with E-state index in [9.17, 15) is 0 Å². The zero-order chi connectivity index (χ0) is 12.1. The Labute approximate surface area is 113 Å². The van der Waals surface area contributed by atoms with Crippen LogP contribution < -0.4 is 10.6 Å². The molecule has 1 aromatic carbocycles. The number of benzene rings is 1. The summed E-state index contributed by atoms with van der Waals surface area (Å²) in [6.45, 7) is 3.01. The fraction of sp³-hybridized carbons (Fsp3) is 0.538. The van der Waals surface area contributed by atoms with E-state index in [4.69, 9.17) is 23.2 Å². The lowest BCUT2D eigenvalue weighted by Gasteiger charge is -2.23. The third kappa shape index (κ3) is 4.14. The molecular formula is C13H18Cl2N2. The summed E-state index contributed by atoms with van der Waals surface area (Å²) in [5, 5.41) is 8.21. The highest BCUT2D eigenvalue weighted by Crippen LogP contribution is 2.22. The minimum Gasteiger partial charge on any atom is -0.313 e. The monoisotopic (exact) mass is 272 g/mol. The molecule has 0 radical (unpaired) electrons. The van der Waals surface area contributed by atoms with Crippen molar-refractivity contribution < 1.29 is 0 Å². The van der Waals surface area contributed by atoms with Gasteiger partial charge in [0.25, 0.3) is 0 Å². The maximum absolute atomic E-state index is 5.97. The molecular weight excluding hydrogens is 255 g/mol. The maximum atomic E-state index is 5.97. The summed E-state index contributed by atoms with van der Waals surface area (Å²) >= 11 is 11.8. The molecule has 2 rings (SSSR count). The molecule has 0 spiro atoms. The maximum Gasteiger partial charge on any atom is 0.0595 e. The van der Waals surface area contributed by atoms with Crippen LogP contribution in [0.25, 0.3) is 0 Å². The summed E-state index contributed by atoms with van der Waals surface area (Å²) in [5.41, 5.74) is 1.18. The summed E-state index contributed by atoms with van der Waals surface area (Å²) in [7, 11) is 0. The van der Waals surface area contributed by atoms with Crippen molar-refractivity contribution in [2.24, 2.45) is 0 Å². The van der Waals surface area contributed by atoms with Gasteiger partial charge in [-0.2, -0.15) is 0 Å². The standard InChI is InChI=1S/C13H18Cl2N2/c14-12-5-4-10(7-13(12)15)8-16-9-11-3-1-2-6-17-11/h4-5,7,11,16-17H,1-3,6,8-9H2/t11-/m0/s1. The lowest BCUT2D eigenvalue weighted by atomic mass is 10.1. The van der Waals surface area contributed by atoms with Crippen molar-refractivity contribution in [1.29, 1.82) is 0 Å². The molecule has 2 nitrogen and oxygen atoms in total. The Kier molecular flexibility index (Phi) is 5.11. The molecule has 1 aliphatic heterocycles. The summed E-state index contributed by atoms with van der Waals surface area (Å²) < 4.78 is 0. The van der Waals surface area contributed by atoms with Crippen molar-refractivity contribution in [2.45, 2.75) is 31.8 Å². The van der Waals surface area contributed by atoms with Crippen LogP contribution in [0.15, 0.2) is 18.2 Å². The largest absolute Gasteiger partial charge is 0.313 e. The minimum atomic E-state index is 0.615. The third-order valence-electron chi connectivity index (χ3n) is 3.12. The highest BCUT2D eigenvalue weighted by Gasteiger charge is 2.11. The quantitative estimate of drug-likeness (QED) is 0.880. The van der Waals surface area contributed by atoms with Crippen molar-refractivity contribution in [2.75, 3.05) is 13.1 Å². The average Bonchev–Trinajstić information content (AvgIpc) is 2.35. The zero-order valence-electron chi connectivity index (χ0n) is 9.81. The molecule has 0 amide bonds. The molecule has 1 aromatic rings. The van der Waals surface area contributed by atoms with Crippen LogP contribution in [-0.4, -0.2) is 19.1 Å². The first-order chi connectivity index (χ1) is 8.25. The van der Waals surface area contributed by atoms with Crippen LogP contribution >= 0.6 is 23.2 Å². The van der Waals surface area contributed by atoms with Gasteiger partial charge in [0, 0.05) is 19.1 Å². The van der Waals surface area contributed by atoms with Crippen molar-refractivity contribution in [3.8, 4) is 0 Å². The fourth-order valence-corrected chi connectivity index (χ4v) is 2.46. The Balaban J connectivity index is 1.75. The highest BCUT2D eigenvalue weighted by atomic mass is 35.5. The smallest absolute Gasteiger partial charge is 0.0595 e. The molecule has 0 saturated carbocycles. The molecule has 1 aliphatic rings. The molecule has 1 heterocycles. The molecule has 94 valence electrons. The van der Waals surface area contributed by atoms with E-state index in [1.807, 2.05) is 18.2 Å². The Hall–Kier alpha value is -0.280. The van der Waals surface area contributed by atoms with Gasteiger partial charge in [-0.3, -0.25) is 0 Å². The van der Waals surface area contributed by atoms with Crippen LogP contribution in [0, 0.1) is 0 Å². The van der Waals surface area contributed by atoms with Gasteiger partial charge < -0.3 is 10.6 Å². The molecule has 1 saturated heterocycles. The molecule has 1 fully saturated rings. The minimum absolute atomic E-state index is 0.615. The Morgan fingerprint density at radius 1 is 1.24 bits per heavy atom. The van der Waals surface area contributed by atoms with Gasteiger partial charge in [-0.05, 0) is 37.1 Å². The van der Waals surface area contributed by atoms with Crippen LogP contribution in [-0.2, 0) is 6.54 Å². The molecule has 2 N–H and O–H groups in total. The van der Waals surface area contributed by atoms with Gasteiger partial charge in [0.05, 0.1) is 10.0 Å². The number of rotatable bonds is 4. The van der Waals surface area contributed by atoms with Crippen molar-refractivity contribution in [3.05, 3.63) is 33.8 Å². The second-order valence-corrected chi connectivity index (χ2v) is 5.34. The van der Waals surface area contributed by atoms with Crippen LogP contribution in [0.2, 0.25) is 10.0 Å². The first-order valence-electron chi connectivity index (χ1n) is 6.14. The molecule has 1 atom stereocenters. The zero-order valence-corrected chi connectivity index (χ0v) is 11.3. The van der Waals surface area contributed by atoms with Gasteiger partial charge in [-0.15, -0.1) is 0 Å². The van der Waals surface area contributed by atoms with Crippen LogP contribution in [0.4, 0.5) is 0 Å². The predicted molar refractivity (Wildman–Crippen MR) is 73.8 cm³/mol. The number of nitrogens with one attached hydrogen (secondary N) is 2. The number of halogens is 2. The lowest BCUT2D eigenvalue weighted by Crippen LogP contribution is -2.41. The normalized spacial score (nSPS) is 20.5. The summed E-state index contributed by atoms with van der Waals surface area (Å²) in [5.74, 6) is 0. The average molecular weight is 273 g/mol. The molecule has 0 aromatic heterocycles. The molecule has 0 unspecified atom stereocenters. The number of hydrogen-bond donors (Lipinski definition) is 2. The van der Waals surface area contributed by atoms with Crippen molar-refractivity contribution in [1.82, 2.24) is 10.6 Å². The number of piperidine rings is 1. The van der Waals surface area contributed by atoms with E-state index >= 15 is 0 Å². The Bertz CT molecular complexity index is 362. The first-order valence-corrected chi connectivity index (χ1v) is 6.89. The van der Waals surface area contributed by atoms with Gasteiger partial charge in [0.2, 0.25) is 0 Å². The van der Waals surface area contributed by atoms with Gasteiger partial charge in [0.15, 0.2) is 0 Å². The Morgan fingerprint density at radius 2 is 2.12 bits per heavy atom. The van der Waals surface area contributed by atoms with E-state index in [-0.39, 0.29) is 0 Å². The van der Waals surface area contributed by atoms with Gasteiger partial charge in [0.1, 0.15) is 0 Å². The van der Waals surface area contributed by atoms with E-state index in [0.29, 0.717) is 16.1 Å². The van der Waals surface area contributed by atoms with E-state index in [0.717, 1.165) is 19.6 Å². The van der Waals surface area contributed by atoms with Crippen LogP contribution in [0.1, 0.15) is 24.8 Å². The molecule has 0 aliphatic carbocycles. The Morgan fingerprint density at radius 3 is 2.82 bits per heavy atom. The lowest BCUT2D eigenvalue weighted by molar-refractivity contribution is 0.383.